The molecular formula is C12H24N2O. The number of β-amino-alcohol motifs (C(OH)–C–C–N with tert-alkyl or cyclic N) is 1. The van der Waals surface area contributed by atoms with Crippen molar-refractivity contribution in [2.75, 3.05) is 33.2 Å². The Kier molecular flexibility index (Phi) is 3.65. The first-order valence-electron chi connectivity index (χ1n) is 6.27. The molecule has 0 aliphatic carbocycles. The zero-order chi connectivity index (χ0) is 10.8. The molecule has 88 valence electrons. The molecule has 2 saturated heterocycles. The van der Waals surface area contributed by atoms with Crippen LogP contribution < -0.4 is 0 Å². The molecule has 2 aliphatic heterocycles. The third-order valence-electron chi connectivity index (χ3n) is 3.95. The molecule has 0 aromatic heterocycles. The maximum atomic E-state index is 9.40. The van der Waals surface area contributed by atoms with Crippen LogP contribution in [-0.4, -0.2) is 60.3 Å². The van der Waals surface area contributed by atoms with Crippen LogP contribution in [0.4, 0.5) is 0 Å². The number of piperidine rings is 2. The van der Waals surface area contributed by atoms with Crippen molar-refractivity contribution in [1.82, 2.24) is 9.80 Å². The Morgan fingerprint density at radius 2 is 2.13 bits per heavy atom. The van der Waals surface area contributed by atoms with Crippen LogP contribution in [0.3, 0.4) is 0 Å². The molecule has 0 aromatic rings. The first-order valence-corrected chi connectivity index (χ1v) is 6.27. The highest BCUT2D eigenvalue weighted by atomic mass is 16.3. The van der Waals surface area contributed by atoms with Gasteiger partial charge >= 0.3 is 0 Å². The third-order valence-corrected chi connectivity index (χ3v) is 3.95. The fraction of sp³-hybridized carbons (Fsp3) is 1.00. The molecule has 2 aliphatic rings. The second-order valence-electron chi connectivity index (χ2n) is 5.35. The molecule has 1 N–H and O–H groups in total. The molecule has 0 saturated carbocycles. The van der Waals surface area contributed by atoms with E-state index in [-0.39, 0.29) is 6.10 Å². The predicted octanol–water partition coefficient (Wildman–Crippen LogP) is 0.783. The summed E-state index contributed by atoms with van der Waals surface area (Å²) in [7, 11) is 2.27. The fourth-order valence-corrected chi connectivity index (χ4v) is 3.27. The molecule has 0 aromatic carbocycles. The normalized spacial score (nSPS) is 36.2. The van der Waals surface area contributed by atoms with E-state index in [9.17, 15) is 5.11 Å². The lowest BCUT2D eigenvalue weighted by molar-refractivity contribution is 0.0209. The fourth-order valence-electron chi connectivity index (χ4n) is 3.27. The average molecular weight is 212 g/mol. The van der Waals surface area contributed by atoms with Gasteiger partial charge in [-0.3, -0.25) is 0 Å². The van der Waals surface area contributed by atoms with Gasteiger partial charge in [-0.05, 0) is 52.2 Å². The zero-order valence-electron chi connectivity index (χ0n) is 10.0. The van der Waals surface area contributed by atoms with Gasteiger partial charge in [0.25, 0.3) is 0 Å². The minimum atomic E-state index is -0.178. The van der Waals surface area contributed by atoms with Crippen molar-refractivity contribution >= 4 is 0 Å². The number of aliphatic hydroxyl groups excluding tert-OH is 1. The van der Waals surface area contributed by atoms with Crippen molar-refractivity contribution in [3.63, 3.8) is 0 Å². The standard InChI is InChI=1S/C12H24N2O/c1-10(15)8-14-7-5-12-11(9-14)4-3-6-13(12)2/h10-12,15H,3-9H2,1-2H3/t10-,11?,12?/m0/s1. The van der Waals surface area contributed by atoms with Crippen LogP contribution in [0, 0.1) is 5.92 Å². The van der Waals surface area contributed by atoms with Crippen molar-refractivity contribution in [3.8, 4) is 0 Å². The number of likely N-dealkylation sites (tertiary alicyclic amines) is 2. The molecule has 3 heteroatoms. The quantitative estimate of drug-likeness (QED) is 0.733. The molecule has 15 heavy (non-hydrogen) atoms. The summed E-state index contributed by atoms with van der Waals surface area (Å²) in [5.74, 6) is 0.844. The lowest BCUT2D eigenvalue weighted by Gasteiger charge is -2.46. The summed E-state index contributed by atoms with van der Waals surface area (Å²) in [6, 6.07) is 0.809. The van der Waals surface area contributed by atoms with Gasteiger partial charge in [0, 0.05) is 19.1 Å². The largest absolute Gasteiger partial charge is 0.392 e. The Morgan fingerprint density at radius 3 is 2.87 bits per heavy atom. The van der Waals surface area contributed by atoms with Gasteiger partial charge in [-0.25, -0.2) is 0 Å². The van der Waals surface area contributed by atoms with Crippen molar-refractivity contribution < 1.29 is 5.11 Å². The summed E-state index contributed by atoms with van der Waals surface area (Å²) in [6.07, 6.45) is 3.84. The monoisotopic (exact) mass is 212 g/mol. The molecule has 2 unspecified atom stereocenters. The summed E-state index contributed by atoms with van der Waals surface area (Å²) in [5, 5.41) is 9.40. The van der Waals surface area contributed by atoms with Gasteiger partial charge in [0.05, 0.1) is 6.10 Å². The predicted molar refractivity (Wildman–Crippen MR) is 61.9 cm³/mol. The average Bonchev–Trinajstić information content (AvgIpc) is 2.17. The Balaban J connectivity index is 1.88. The van der Waals surface area contributed by atoms with Gasteiger partial charge in [-0.1, -0.05) is 0 Å². The van der Waals surface area contributed by atoms with Crippen LogP contribution in [0.25, 0.3) is 0 Å². The van der Waals surface area contributed by atoms with Crippen LogP contribution in [0.1, 0.15) is 26.2 Å². The van der Waals surface area contributed by atoms with E-state index in [1.165, 1.54) is 32.4 Å². The molecule has 0 bridgehead atoms. The van der Waals surface area contributed by atoms with Crippen LogP contribution in [0.5, 0.6) is 0 Å². The first-order chi connectivity index (χ1) is 7.16. The van der Waals surface area contributed by atoms with Crippen molar-refractivity contribution in [2.24, 2.45) is 5.92 Å². The SMILES string of the molecule is C[C@H](O)CN1CCC2C(CCCN2C)C1. The van der Waals surface area contributed by atoms with Crippen molar-refractivity contribution in [1.29, 1.82) is 0 Å². The number of hydrogen-bond acceptors (Lipinski definition) is 3. The highest BCUT2D eigenvalue weighted by Gasteiger charge is 2.34. The Bertz CT molecular complexity index is 208. The van der Waals surface area contributed by atoms with E-state index in [2.05, 4.69) is 16.8 Å². The van der Waals surface area contributed by atoms with Crippen LogP contribution in [0.15, 0.2) is 0 Å². The van der Waals surface area contributed by atoms with E-state index in [1.54, 1.807) is 0 Å². The van der Waals surface area contributed by atoms with E-state index in [0.717, 1.165) is 25.0 Å². The van der Waals surface area contributed by atoms with E-state index >= 15 is 0 Å². The van der Waals surface area contributed by atoms with Crippen molar-refractivity contribution in [3.05, 3.63) is 0 Å². The smallest absolute Gasteiger partial charge is 0.0639 e. The minimum absolute atomic E-state index is 0.178. The van der Waals surface area contributed by atoms with Crippen LogP contribution in [-0.2, 0) is 0 Å². The molecule has 0 spiro atoms. The maximum absolute atomic E-state index is 9.40. The van der Waals surface area contributed by atoms with E-state index in [0.29, 0.717) is 0 Å². The summed E-state index contributed by atoms with van der Waals surface area (Å²) < 4.78 is 0. The van der Waals surface area contributed by atoms with Gasteiger partial charge in [-0.2, -0.15) is 0 Å². The van der Waals surface area contributed by atoms with Crippen molar-refractivity contribution in [2.45, 2.75) is 38.3 Å². The molecular weight excluding hydrogens is 188 g/mol. The summed E-state index contributed by atoms with van der Waals surface area (Å²) >= 11 is 0. The molecule has 0 amide bonds. The van der Waals surface area contributed by atoms with E-state index < -0.39 is 0 Å². The maximum Gasteiger partial charge on any atom is 0.0639 e. The number of fused-ring (bicyclic) bond motifs is 1. The number of aliphatic hydroxyl groups is 1. The third kappa shape index (κ3) is 2.71. The van der Waals surface area contributed by atoms with Gasteiger partial charge < -0.3 is 14.9 Å². The van der Waals surface area contributed by atoms with Gasteiger partial charge in [0.1, 0.15) is 0 Å². The topological polar surface area (TPSA) is 26.7 Å². The first kappa shape index (κ1) is 11.4. The molecule has 3 atom stereocenters. The number of nitrogens with zero attached hydrogens (tertiary/aromatic N) is 2. The Labute approximate surface area is 93.1 Å². The number of rotatable bonds is 2. The second-order valence-corrected chi connectivity index (χ2v) is 5.35. The van der Waals surface area contributed by atoms with Gasteiger partial charge in [0.2, 0.25) is 0 Å². The van der Waals surface area contributed by atoms with Crippen LogP contribution in [0.2, 0.25) is 0 Å². The number of hydrogen-bond donors (Lipinski definition) is 1. The molecule has 3 nitrogen and oxygen atoms in total. The van der Waals surface area contributed by atoms with E-state index in [1.807, 2.05) is 6.92 Å². The lowest BCUT2D eigenvalue weighted by atomic mass is 9.84. The lowest BCUT2D eigenvalue weighted by Crippen LogP contribution is -2.53. The molecule has 0 radical (unpaired) electrons. The van der Waals surface area contributed by atoms with Crippen LogP contribution >= 0.6 is 0 Å². The summed E-state index contributed by atoms with van der Waals surface area (Å²) in [4.78, 5) is 4.97. The zero-order valence-corrected chi connectivity index (χ0v) is 10.0. The second kappa shape index (κ2) is 4.81. The Morgan fingerprint density at radius 1 is 1.33 bits per heavy atom. The highest BCUT2D eigenvalue weighted by molar-refractivity contribution is 4.89. The molecule has 2 rings (SSSR count). The molecule has 2 heterocycles. The highest BCUT2D eigenvalue weighted by Crippen LogP contribution is 2.29. The summed E-state index contributed by atoms with van der Waals surface area (Å²) in [5.41, 5.74) is 0. The Hall–Kier alpha value is -0.120. The van der Waals surface area contributed by atoms with Gasteiger partial charge in [-0.15, -0.1) is 0 Å². The minimum Gasteiger partial charge on any atom is -0.392 e. The molecule has 2 fully saturated rings. The van der Waals surface area contributed by atoms with Gasteiger partial charge in [0.15, 0.2) is 0 Å². The summed E-state index contributed by atoms with van der Waals surface area (Å²) in [6.45, 7) is 6.37. The van der Waals surface area contributed by atoms with E-state index in [4.69, 9.17) is 0 Å².